The van der Waals surface area contributed by atoms with Gasteiger partial charge in [-0.2, -0.15) is 13.2 Å². The maximum absolute atomic E-state index is 12.8. The first kappa shape index (κ1) is 24.1. The Morgan fingerprint density at radius 2 is 1.91 bits per heavy atom. The number of hydrogen-bond acceptors (Lipinski definition) is 4. The Kier molecular flexibility index (Phi) is 7.51. The van der Waals surface area contributed by atoms with Crippen LogP contribution in [-0.4, -0.2) is 48.4 Å². The molecule has 2 heterocycles. The van der Waals surface area contributed by atoms with Crippen LogP contribution in [0.1, 0.15) is 18.4 Å². The van der Waals surface area contributed by atoms with Gasteiger partial charge in [-0.05, 0) is 37.1 Å². The van der Waals surface area contributed by atoms with Gasteiger partial charge >= 0.3 is 6.18 Å². The molecule has 1 aliphatic heterocycles. The van der Waals surface area contributed by atoms with Gasteiger partial charge in [-0.1, -0.05) is 29.3 Å². The Hall–Kier alpha value is -2.52. The monoisotopic (exact) mass is 488 g/mol. The number of carbonyl (C=O) groups excluding carboxylic acids is 2. The fraction of sp³-hybridized carbons (Fsp3) is 0.381. The van der Waals surface area contributed by atoms with E-state index in [9.17, 15) is 22.8 Å². The SMILES string of the molecule is CN(CC(=O)Nc1cccc(Cl)c1)C(=O)C1CCN(c2ncc(C(F)(F)F)cc2Cl)CC1. The van der Waals surface area contributed by atoms with Crippen LogP contribution in [0.3, 0.4) is 0 Å². The Morgan fingerprint density at radius 3 is 2.50 bits per heavy atom. The van der Waals surface area contributed by atoms with E-state index >= 15 is 0 Å². The average molecular weight is 489 g/mol. The van der Waals surface area contributed by atoms with Crippen molar-refractivity contribution in [2.45, 2.75) is 19.0 Å². The summed E-state index contributed by atoms with van der Waals surface area (Å²) in [7, 11) is 1.56. The quantitative estimate of drug-likeness (QED) is 0.661. The maximum atomic E-state index is 12.8. The van der Waals surface area contributed by atoms with Gasteiger partial charge in [-0.3, -0.25) is 9.59 Å². The Balaban J connectivity index is 1.53. The standard InChI is InChI=1S/C21H21Cl2F3N4O2/c1-29(12-18(31)28-16-4-2-3-15(22)10-16)20(32)13-5-7-30(8-6-13)19-17(23)9-14(11-27-19)21(24,25)26/h2-4,9-11,13H,5-8,12H2,1H3,(H,28,31). The molecule has 1 aromatic carbocycles. The molecular weight excluding hydrogens is 468 g/mol. The fourth-order valence-electron chi connectivity index (χ4n) is 3.53. The van der Waals surface area contributed by atoms with Crippen molar-refractivity contribution in [3.8, 4) is 0 Å². The molecule has 1 N–H and O–H groups in total. The van der Waals surface area contributed by atoms with Gasteiger partial charge < -0.3 is 15.1 Å². The number of carbonyl (C=O) groups is 2. The molecule has 1 saturated heterocycles. The third-order valence-corrected chi connectivity index (χ3v) is 5.67. The van der Waals surface area contributed by atoms with Crippen LogP contribution in [0.5, 0.6) is 0 Å². The van der Waals surface area contributed by atoms with Gasteiger partial charge in [0.1, 0.15) is 5.82 Å². The van der Waals surface area contributed by atoms with Crippen LogP contribution in [0, 0.1) is 5.92 Å². The summed E-state index contributed by atoms with van der Waals surface area (Å²) in [6.07, 6.45) is -2.82. The molecule has 6 nitrogen and oxygen atoms in total. The second kappa shape index (κ2) is 9.95. The number of benzene rings is 1. The number of nitrogens with zero attached hydrogens (tertiary/aromatic N) is 3. The van der Waals surface area contributed by atoms with Crippen molar-refractivity contribution < 1.29 is 22.8 Å². The predicted octanol–water partition coefficient (Wildman–Crippen LogP) is 4.72. The summed E-state index contributed by atoms with van der Waals surface area (Å²) >= 11 is 11.9. The molecule has 11 heteroatoms. The molecule has 2 aromatic rings. The largest absolute Gasteiger partial charge is 0.417 e. The van der Waals surface area contributed by atoms with E-state index in [1.807, 2.05) is 0 Å². The van der Waals surface area contributed by atoms with Crippen molar-refractivity contribution in [2.75, 3.05) is 36.9 Å². The summed E-state index contributed by atoms with van der Waals surface area (Å²) in [6, 6.07) is 7.55. The van der Waals surface area contributed by atoms with Crippen molar-refractivity contribution in [3.63, 3.8) is 0 Å². The van der Waals surface area contributed by atoms with Gasteiger partial charge in [0.05, 0.1) is 17.1 Å². The van der Waals surface area contributed by atoms with Gasteiger partial charge in [0.2, 0.25) is 11.8 Å². The summed E-state index contributed by atoms with van der Waals surface area (Å²) in [6.45, 7) is 0.714. The van der Waals surface area contributed by atoms with E-state index < -0.39 is 11.7 Å². The van der Waals surface area contributed by atoms with E-state index in [2.05, 4.69) is 10.3 Å². The summed E-state index contributed by atoms with van der Waals surface area (Å²) < 4.78 is 38.4. The van der Waals surface area contributed by atoms with Crippen LogP contribution in [-0.2, 0) is 15.8 Å². The highest BCUT2D eigenvalue weighted by molar-refractivity contribution is 6.33. The summed E-state index contributed by atoms with van der Waals surface area (Å²) in [5.41, 5.74) is -0.369. The lowest BCUT2D eigenvalue weighted by Crippen LogP contribution is -2.43. The molecule has 0 saturated carbocycles. The second-order valence-electron chi connectivity index (χ2n) is 7.54. The van der Waals surface area contributed by atoms with Crippen molar-refractivity contribution in [2.24, 2.45) is 5.92 Å². The average Bonchev–Trinajstić information content (AvgIpc) is 2.72. The molecule has 0 radical (unpaired) electrons. The van der Waals surface area contributed by atoms with E-state index in [0.717, 1.165) is 12.3 Å². The first-order valence-electron chi connectivity index (χ1n) is 9.82. The summed E-state index contributed by atoms with van der Waals surface area (Å²) in [5, 5.41) is 3.10. The highest BCUT2D eigenvalue weighted by Gasteiger charge is 2.33. The molecule has 0 atom stereocenters. The zero-order chi connectivity index (χ0) is 23.5. The highest BCUT2D eigenvalue weighted by atomic mass is 35.5. The van der Waals surface area contributed by atoms with Gasteiger partial charge in [-0.25, -0.2) is 4.98 Å². The molecule has 32 heavy (non-hydrogen) atoms. The van der Waals surface area contributed by atoms with E-state index in [-0.39, 0.29) is 35.1 Å². The number of likely N-dealkylation sites (N-methyl/N-ethyl adjacent to an activating group) is 1. The zero-order valence-electron chi connectivity index (χ0n) is 17.1. The van der Waals surface area contributed by atoms with Gasteiger partial charge in [0.15, 0.2) is 0 Å². The van der Waals surface area contributed by atoms with Crippen molar-refractivity contribution in [1.82, 2.24) is 9.88 Å². The third-order valence-electron chi connectivity index (χ3n) is 5.16. The minimum absolute atomic E-state index is 0.0839. The molecule has 0 aliphatic carbocycles. The predicted molar refractivity (Wildman–Crippen MR) is 117 cm³/mol. The Labute approximate surface area is 193 Å². The molecule has 0 spiro atoms. The maximum Gasteiger partial charge on any atom is 0.417 e. The summed E-state index contributed by atoms with van der Waals surface area (Å²) in [5.74, 6) is -0.554. The first-order valence-corrected chi connectivity index (χ1v) is 10.6. The first-order chi connectivity index (χ1) is 15.0. The van der Waals surface area contributed by atoms with Crippen molar-refractivity contribution >= 4 is 46.5 Å². The minimum atomic E-state index is -4.52. The lowest BCUT2D eigenvalue weighted by atomic mass is 9.95. The molecule has 1 aliphatic rings. The van der Waals surface area contributed by atoms with E-state index in [4.69, 9.17) is 23.2 Å². The molecule has 2 amide bonds. The van der Waals surface area contributed by atoms with E-state index in [1.54, 1.807) is 36.2 Å². The number of aromatic nitrogens is 1. The summed E-state index contributed by atoms with van der Waals surface area (Å²) in [4.78, 5) is 32.0. The fourth-order valence-corrected chi connectivity index (χ4v) is 4.00. The van der Waals surface area contributed by atoms with E-state index in [1.165, 1.54) is 4.90 Å². The van der Waals surface area contributed by atoms with Crippen LogP contribution in [0.4, 0.5) is 24.7 Å². The molecular formula is C21H21Cl2F3N4O2. The number of anilines is 2. The second-order valence-corrected chi connectivity index (χ2v) is 8.38. The lowest BCUT2D eigenvalue weighted by Gasteiger charge is -2.34. The van der Waals surface area contributed by atoms with Gasteiger partial charge in [0.25, 0.3) is 0 Å². The number of rotatable bonds is 5. The van der Waals surface area contributed by atoms with Crippen LogP contribution >= 0.6 is 23.2 Å². The normalized spacial score (nSPS) is 14.9. The zero-order valence-corrected chi connectivity index (χ0v) is 18.6. The van der Waals surface area contributed by atoms with Gasteiger partial charge in [0, 0.05) is 43.0 Å². The van der Waals surface area contributed by atoms with Crippen LogP contribution in [0.2, 0.25) is 10.0 Å². The molecule has 1 fully saturated rings. The van der Waals surface area contributed by atoms with Crippen LogP contribution in [0.15, 0.2) is 36.5 Å². The highest BCUT2D eigenvalue weighted by Crippen LogP contribution is 2.34. The molecule has 0 bridgehead atoms. The molecule has 0 unspecified atom stereocenters. The number of nitrogens with one attached hydrogen (secondary N) is 1. The molecule has 172 valence electrons. The molecule has 1 aromatic heterocycles. The molecule has 3 rings (SSSR count). The van der Waals surface area contributed by atoms with Crippen LogP contribution < -0.4 is 10.2 Å². The topological polar surface area (TPSA) is 65.5 Å². The van der Waals surface area contributed by atoms with Crippen LogP contribution in [0.25, 0.3) is 0 Å². The number of hydrogen-bond donors (Lipinski definition) is 1. The van der Waals surface area contributed by atoms with Crippen molar-refractivity contribution in [1.29, 1.82) is 0 Å². The van der Waals surface area contributed by atoms with Gasteiger partial charge in [-0.15, -0.1) is 0 Å². The third kappa shape index (κ3) is 6.04. The van der Waals surface area contributed by atoms with E-state index in [0.29, 0.717) is 36.6 Å². The Bertz CT molecular complexity index is 995. The van der Waals surface area contributed by atoms with Crippen molar-refractivity contribution in [3.05, 3.63) is 52.1 Å². The minimum Gasteiger partial charge on any atom is -0.355 e. The smallest absolute Gasteiger partial charge is 0.355 e. The Morgan fingerprint density at radius 1 is 1.22 bits per heavy atom. The lowest BCUT2D eigenvalue weighted by molar-refractivity contribution is -0.138. The number of piperidine rings is 1. The number of pyridine rings is 1. The number of amides is 2. The number of halogens is 5. The number of alkyl halides is 3.